The summed E-state index contributed by atoms with van der Waals surface area (Å²) < 4.78 is 0. The predicted octanol–water partition coefficient (Wildman–Crippen LogP) is 0.529. The van der Waals surface area contributed by atoms with Gasteiger partial charge in [-0.25, -0.2) is 4.98 Å². The van der Waals surface area contributed by atoms with E-state index < -0.39 is 0 Å². The van der Waals surface area contributed by atoms with E-state index in [9.17, 15) is 4.79 Å². The Labute approximate surface area is 97.8 Å². The van der Waals surface area contributed by atoms with E-state index in [0.29, 0.717) is 6.54 Å². The molecule has 6 nitrogen and oxygen atoms in total. The van der Waals surface area contributed by atoms with Gasteiger partial charge < -0.3 is 10.3 Å². The fourth-order valence-corrected chi connectivity index (χ4v) is 1.18. The van der Waals surface area contributed by atoms with E-state index in [0.717, 1.165) is 11.4 Å². The highest BCUT2D eigenvalue weighted by Gasteiger charge is 1.97. The van der Waals surface area contributed by atoms with Crippen LogP contribution in [0.1, 0.15) is 11.4 Å². The molecule has 0 aliphatic rings. The van der Waals surface area contributed by atoms with Gasteiger partial charge >= 0.3 is 0 Å². The molecule has 0 spiro atoms. The molecule has 0 aromatic carbocycles. The highest BCUT2D eigenvalue weighted by molar-refractivity contribution is 5.91. The summed E-state index contributed by atoms with van der Waals surface area (Å²) in [5, 5.41) is 2.70. The van der Waals surface area contributed by atoms with Crippen molar-refractivity contribution in [1.29, 1.82) is 0 Å². The SMILES string of the molecule is O=C(C=Cc1cnc[nH]1)NCc1cnccn1. The Balaban J connectivity index is 1.82. The maximum Gasteiger partial charge on any atom is 0.244 e. The Kier molecular flexibility index (Phi) is 3.59. The number of rotatable bonds is 4. The second-order valence-corrected chi connectivity index (χ2v) is 3.25. The molecule has 0 bridgehead atoms. The molecule has 0 unspecified atom stereocenters. The molecule has 0 fully saturated rings. The number of carbonyl (C=O) groups excluding carboxylic acids is 1. The topological polar surface area (TPSA) is 83.6 Å². The van der Waals surface area contributed by atoms with Crippen LogP contribution in [0.15, 0.2) is 37.2 Å². The number of aromatic nitrogens is 4. The molecule has 0 saturated heterocycles. The maximum absolute atomic E-state index is 11.4. The van der Waals surface area contributed by atoms with Crippen LogP contribution in [0.3, 0.4) is 0 Å². The minimum atomic E-state index is -0.190. The summed E-state index contributed by atoms with van der Waals surface area (Å²) in [6, 6.07) is 0. The fraction of sp³-hybridized carbons (Fsp3) is 0.0909. The van der Waals surface area contributed by atoms with E-state index in [1.165, 1.54) is 6.08 Å². The summed E-state index contributed by atoms with van der Waals surface area (Å²) in [6.45, 7) is 0.361. The minimum Gasteiger partial charge on any atom is -0.347 e. The number of aromatic amines is 1. The molecule has 1 amide bonds. The highest BCUT2D eigenvalue weighted by Crippen LogP contribution is 1.94. The number of hydrogen-bond acceptors (Lipinski definition) is 4. The fourth-order valence-electron chi connectivity index (χ4n) is 1.18. The lowest BCUT2D eigenvalue weighted by Crippen LogP contribution is -2.20. The van der Waals surface area contributed by atoms with Gasteiger partial charge in [-0.3, -0.25) is 14.8 Å². The molecule has 2 aromatic heterocycles. The van der Waals surface area contributed by atoms with Gasteiger partial charge in [0, 0.05) is 18.5 Å². The summed E-state index contributed by atoms with van der Waals surface area (Å²) in [6.07, 6.45) is 11.1. The summed E-state index contributed by atoms with van der Waals surface area (Å²) in [4.78, 5) is 26.1. The van der Waals surface area contributed by atoms with Gasteiger partial charge in [0.2, 0.25) is 5.91 Å². The van der Waals surface area contributed by atoms with Gasteiger partial charge in [0.05, 0.1) is 36.7 Å². The number of carbonyl (C=O) groups is 1. The first-order valence-corrected chi connectivity index (χ1v) is 5.04. The Hall–Kier alpha value is -2.50. The van der Waals surface area contributed by atoms with Crippen molar-refractivity contribution in [2.24, 2.45) is 0 Å². The van der Waals surface area contributed by atoms with Crippen LogP contribution in [0, 0.1) is 0 Å². The molecule has 2 heterocycles. The van der Waals surface area contributed by atoms with Gasteiger partial charge in [-0.1, -0.05) is 0 Å². The second-order valence-electron chi connectivity index (χ2n) is 3.25. The molecule has 6 heteroatoms. The Morgan fingerprint density at radius 3 is 3.00 bits per heavy atom. The van der Waals surface area contributed by atoms with Crippen molar-refractivity contribution >= 4 is 12.0 Å². The predicted molar refractivity (Wildman–Crippen MR) is 61.5 cm³/mol. The summed E-state index contributed by atoms with van der Waals surface area (Å²) in [7, 11) is 0. The van der Waals surface area contributed by atoms with Gasteiger partial charge in [-0.2, -0.15) is 0 Å². The number of H-pyrrole nitrogens is 1. The third-order valence-corrected chi connectivity index (χ3v) is 1.99. The number of hydrogen-bond donors (Lipinski definition) is 2. The molecule has 2 aromatic rings. The van der Waals surface area contributed by atoms with E-state index in [1.54, 1.807) is 37.2 Å². The Bertz CT molecular complexity index is 492. The summed E-state index contributed by atoms with van der Waals surface area (Å²) in [5.41, 5.74) is 1.50. The van der Waals surface area contributed by atoms with Crippen molar-refractivity contribution in [3.05, 3.63) is 48.6 Å². The van der Waals surface area contributed by atoms with Crippen molar-refractivity contribution < 1.29 is 4.79 Å². The standard InChI is InChI=1S/C11H11N5O/c17-11(2-1-9-5-13-8-16-9)15-7-10-6-12-3-4-14-10/h1-6,8H,7H2,(H,13,16)(H,15,17). The lowest BCUT2D eigenvalue weighted by Gasteiger charge is -1.99. The van der Waals surface area contributed by atoms with Crippen LogP contribution in [-0.4, -0.2) is 25.8 Å². The van der Waals surface area contributed by atoms with E-state index in [-0.39, 0.29) is 5.91 Å². The molecule has 0 saturated carbocycles. The van der Waals surface area contributed by atoms with Crippen molar-refractivity contribution in [3.8, 4) is 0 Å². The van der Waals surface area contributed by atoms with E-state index in [1.807, 2.05) is 0 Å². The lowest BCUT2D eigenvalue weighted by molar-refractivity contribution is -0.116. The van der Waals surface area contributed by atoms with Crippen LogP contribution in [0.25, 0.3) is 6.08 Å². The quantitative estimate of drug-likeness (QED) is 0.749. The average Bonchev–Trinajstić information content (AvgIpc) is 2.88. The van der Waals surface area contributed by atoms with Crippen LogP contribution in [0.5, 0.6) is 0 Å². The molecular weight excluding hydrogens is 218 g/mol. The number of imidazole rings is 1. The van der Waals surface area contributed by atoms with Crippen LogP contribution in [0.2, 0.25) is 0 Å². The normalized spacial score (nSPS) is 10.6. The van der Waals surface area contributed by atoms with Crippen molar-refractivity contribution in [1.82, 2.24) is 25.3 Å². The third-order valence-electron chi connectivity index (χ3n) is 1.99. The van der Waals surface area contributed by atoms with Crippen molar-refractivity contribution in [2.75, 3.05) is 0 Å². The maximum atomic E-state index is 11.4. The number of nitrogens with one attached hydrogen (secondary N) is 2. The molecule has 0 aliphatic heterocycles. The Morgan fingerprint density at radius 2 is 2.29 bits per heavy atom. The molecule has 0 radical (unpaired) electrons. The first-order valence-electron chi connectivity index (χ1n) is 5.04. The largest absolute Gasteiger partial charge is 0.347 e. The number of amides is 1. The highest BCUT2D eigenvalue weighted by atomic mass is 16.1. The molecular formula is C11H11N5O. The van der Waals surface area contributed by atoms with Crippen LogP contribution >= 0.6 is 0 Å². The third kappa shape index (κ3) is 3.53. The van der Waals surface area contributed by atoms with Crippen molar-refractivity contribution in [3.63, 3.8) is 0 Å². The van der Waals surface area contributed by atoms with Crippen molar-refractivity contribution in [2.45, 2.75) is 6.54 Å². The van der Waals surface area contributed by atoms with Gasteiger partial charge in [0.15, 0.2) is 0 Å². The lowest BCUT2D eigenvalue weighted by atomic mass is 10.4. The molecule has 86 valence electrons. The van der Waals surface area contributed by atoms with Crippen LogP contribution in [-0.2, 0) is 11.3 Å². The zero-order valence-corrected chi connectivity index (χ0v) is 9.00. The Morgan fingerprint density at radius 1 is 1.35 bits per heavy atom. The van der Waals surface area contributed by atoms with Gasteiger partial charge in [-0.15, -0.1) is 0 Å². The first kappa shape index (κ1) is 11.0. The van der Waals surface area contributed by atoms with Crippen LogP contribution < -0.4 is 5.32 Å². The monoisotopic (exact) mass is 229 g/mol. The smallest absolute Gasteiger partial charge is 0.244 e. The van der Waals surface area contributed by atoms with E-state index in [2.05, 4.69) is 25.3 Å². The zero-order chi connectivity index (χ0) is 11.9. The molecule has 17 heavy (non-hydrogen) atoms. The molecule has 0 atom stereocenters. The van der Waals surface area contributed by atoms with E-state index in [4.69, 9.17) is 0 Å². The summed E-state index contributed by atoms with van der Waals surface area (Å²) in [5.74, 6) is -0.190. The van der Waals surface area contributed by atoms with E-state index >= 15 is 0 Å². The van der Waals surface area contributed by atoms with Gasteiger partial charge in [0.1, 0.15) is 0 Å². The zero-order valence-electron chi connectivity index (χ0n) is 9.00. The molecule has 2 rings (SSSR count). The minimum absolute atomic E-state index is 0.190. The van der Waals surface area contributed by atoms with Crippen LogP contribution in [0.4, 0.5) is 0 Å². The van der Waals surface area contributed by atoms with Gasteiger partial charge in [-0.05, 0) is 6.08 Å². The van der Waals surface area contributed by atoms with Gasteiger partial charge in [0.25, 0.3) is 0 Å². The second kappa shape index (κ2) is 5.55. The molecule has 2 N–H and O–H groups in total. The number of nitrogens with zero attached hydrogens (tertiary/aromatic N) is 3. The average molecular weight is 229 g/mol. The molecule has 0 aliphatic carbocycles. The first-order chi connectivity index (χ1) is 8.34. The summed E-state index contributed by atoms with van der Waals surface area (Å²) >= 11 is 0.